The highest BCUT2D eigenvalue weighted by Gasteiger charge is 2.44. The Morgan fingerprint density at radius 3 is 2.52 bits per heavy atom. The van der Waals surface area contributed by atoms with E-state index in [-0.39, 0.29) is 27.9 Å². The van der Waals surface area contributed by atoms with Crippen molar-refractivity contribution < 1.29 is 22.4 Å². The lowest BCUT2D eigenvalue weighted by atomic mass is 10.0. The van der Waals surface area contributed by atoms with E-state index in [1.165, 1.54) is 35.4 Å². The third-order valence-electron chi connectivity index (χ3n) is 5.67. The van der Waals surface area contributed by atoms with Gasteiger partial charge in [0.15, 0.2) is 5.69 Å². The Kier molecular flexibility index (Phi) is 4.95. The zero-order valence-electron chi connectivity index (χ0n) is 16.4. The van der Waals surface area contributed by atoms with E-state index in [1.807, 2.05) is 6.92 Å². The molecule has 1 amide bonds. The van der Waals surface area contributed by atoms with E-state index < -0.39 is 33.6 Å². The summed E-state index contributed by atoms with van der Waals surface area (Å²) < 4.78 is 55.1. The lowest BCUT2D eigenvalue weighted by molar-refractivity contribution is -0.141. The molecule has 31 heavy (non-hydrogen) atoms. The number of hydrogen-bond donors (Lipinski definition) is 0. The molecular formula is C21H16BrF4N3O2. The maximum atomic E-state index is 14.8. The summed E-state index contributed by atoms with van der Waals surface area (Å²) in [5.41, 5.74) is -2.69. The van der Waals surface area contributed by atoms with Gasteiger partial charge in [-0.15, -0.1) is 0 Å². The number of benzene rings is 1. The fourth-order valence-electron chi connectivity index (χ4n) is 3.35. The van der Waals surface area contributed by atoms with Crippen molar-refractivity contribution in [2.45, 2.75) is 31.5 Å². The van der Waals surface area contributed by atoms with Crippen molar-refractivity contribution in [2.24, 2.45) is 0 Å². The Morgan fingerprint density at radius 1 is 1.26 bits per heavy atom. The summed E-state index contributed by atoms with van der Waals surface area (Å²) in [5, 5.41) is 0. The lowest BCUT2D eigenvalue weighted by Gasteiger charge is -2.24. The number of carbonyl (C=O) groups excluding carboxylic acids is 1. The first kappa shape index (κ1) is 21.5. The van der Waals surface area contributed by atoms with Crippen molar-refractivity contribution in [1.29, 1.82) is 0 Å². The van der Waals surface area contributed by atoms with Crippen LogP contribution in [0.15, 0.2) is 45.8 Å². The average molecular weight is 498 g/mol. The zero-order chi connectivity index (χ0) is 22.7. The van der Waals surface area contributed by atoms with Crippen LogP contribution in [0.1, 0.15) is 35.8 Å². The molecule has 2 aromatic heterocycles. The van der Waals surface area contributed by atoms with Crippen LogP contribution in [0.25, 0.3) is 16.8 Å². The molecule has 1 aromatic carbocycles. The first-order valence-corrected chi connectivity index (χ1v) is 10.1. The molecule has 0 aliphatic heterocycles. The van der Waals surface area contributed by atoms with Crippen LogP contribution in [0, 0.1) is 5.82 Å². The van der Waals surface area contributed by atoms with E-state index in [0.717, 1.165) is 23.3 Å². The highest BCUT2D eigenvalue weighted by atomic mass is 79.9. The monoisotopic (exact) mass is 497 g/mol. The maximum absolute atomic E-state index is 14.8. The molecule has 1 aliphatic carbocycles. The van der Waals surface area contributed by atoms with Crippen molar-refractivity contribution >= 4 is 27.5 Å². The zero-order valence-corrected chi connectivity index (χ0v) is 18.0. The van der Waals surface area contributed by atoms with Gasteiger partial charge in [-0.2, -0.15) is 13.2 Å². The van der Waals surface area contributed by atoms with Crippen molar-refractivity contribution in [3.8, 4) is 11.1 Å². The van der Waals surface area contributed by atoms with E-state index in [4.69, 9.17) is 0 Å². The quantitative estimate of drug-likeness (QED) is 0.483. The second kappa shape index (κ2) is 7.15. The Morgan fingerprint density at radius 2 is 1.94 bits per heavy atom. The molecule has 0 unspecified atom stereocenters. The molecule has 1 saturated carbocycles. The topological polar surface area (TPSA) is 54.7 Å². The molecule has 10 heteroatoms. The molecule has 162 valence electrons. The second-order valence-electron chi connectivity index (χ2n) is 7.75. The molecule has 4 rings (SSSR count). The summed E-state index contributed by atoms with van der Waals surface area (Å²) >= 11 is 2.67. The van der Waals surface area contributed by atoms with Gasteiger partial charge in [0.2, 0.25) is 0 Å². The van der Waals surface area contributed by atoms with E-state index in [0.29, 0.717) is 0 Å². The van der Waals surface area contributed by atoms with Gasteiger partial charge in [0.1, 0.15) is 15.9 Å². The van der Waals surface area contributed by atoms with Crippen molar-refractivity contribution in [2.75, 3.05) is 7.05 Å². The number of halogens is 5. The number of alkyl halides is 3. The van der Waals surface area contributed by atoms with Crippen LogP contribution in [-0.4, -0.2) is 32.8 Å². The van der Waals surface area contributed by atoms with Crippen LogP contribution < -0.4 is 5.56 Å². The summed E-state index contributed by atoms with van der Waals surface area (Å²) in [6, 6.07) is 6.66. The molecule has 5 nitrogen and oxygen atoms in total. The number of pyridine rings is 1. The molecule has 1 fully saturated rings. The second-order valence-corrected chi connectivity index (χ2v) is 8.54. The third kappa shape index (κ3) is 3.62. The molecule has 0 spiro atoms. The highest BCUT2D eigenvalue weighted by Crippen LogP contribution is 2.41. The van der Waals surface area contributed by atoms with Crippen molar-refractivity contribution in [3.05, 3.63) is 68.4 Å². The minimum atomic E-state index is -4.86. The van der Waals surface area contributed by atoms with Crippen LogP contribution in [0.5, 0.6) is 0 Å². The standard InChI is InChI=1S/C21H16BrF4N3O2/c1-20(7-8-20)28(2)18(30)13-6-5-11(10-14(13)23)12-4-3-9-29-17(12)27-16(21(24,25)26)15(22)19(29)31/h3-6,9-10H,7-8H2,1-2H3. The van der Waals surface area contributed by atoms with E-state index in [1.54, 1.807) is 7.05 Å². The van der Waals surface area contributed by atoms with Crippen LogP contribution in [0.2, 0.25) is 0 Å². The van der Waals surface area contributed by atoms with E-state index in [2.05, 4.69) is 20.9 Å². The first-order valence-electron chi connectivity index (χ1n) is 9.30. The Hall–Kier alpha value is -2.75. The summed E-state index contributed by atoms with van der Waals surface area (Å²) in [6.45, 7) is 1.91. The molecule has 0 bridgehead atoms. The van der Waals surface area contributed by atoms with Gasteiger partial charge >= 0.3 is 6.18 Å². The van der Waals surface area contributed by atoms with E-state index >= 15 is 0 Å². The molecular weight excluding hydrogens is 482 g/mol. The Balaban J connectivity index is 1.84. The number of hydrogen-bond acceptors (Lipinski definition) is 3. The molecule has 3 aromatic rings. The van der Waals surface area contributed by atoms with Gasteiger partial charge in [-0.3, -0.25) is 14.0 Å². The van der Waals surface area contributed by atoms with Gasteiger partial charge in [-0.05, 0) is 65.5 Å². The Bertz CT molecular complexity index is 1280. The van der Waals surface area contributed by atoms with Crippen molar-refractivity contribution in [3.63, 3.8) is 0 Å². The Labute approximate surface area is 182 Å². The van der Waals surface area contributed by atoms with E-state index in [9.17, 15) is 27.2 Å². The van der Waals surface area contributed by atoms with Gasteiger partial charge in [0.05, 0.1) is 5.56 Å². The lowest BCUT2D eigenvalue weighted by Crippen LogP contribution is -2.37. The number of aromatic nitrogens is 2. The number of fused-ring (bicyclic) bond motifs is 1. The molecule has 0 atom stereocenters. The van der Waals surface area contributed by atoms with Crippen LogP contribution in [0.3, 0.4) is 0 Å². The summed E-state index contributed by atoms with van der Waals surface area (Å²) in [4.78, 5) is 30.2. The smallest absolute Gasteiger partial charge is 0.336 e. The minimum absolute atomic E-state index is 0.123. The summed E-state index contributed by atoms with van der Waals surface area (Å²) in [5.74, 6) is -1.28. The molecule has 2 heterocycles. The van der Waals surface area contributed by atoms with Gasteiger partial charge in [0.25, 0.3) is 11.5 Å². The van der Waals surface area contributed by atoms with Gasteiger partial charge in [-0.25, -0.2) is 9.37 Å². The number of rotatable bonds is 3. The molecule has 0 radical (unpaired) electrons. The van der Waals surface area contributed by atoms with Crippen LogP contribution >= 0.6 is 15.9 Å². The molecule has 0 N–H and O–H groups in total. The van der Waals surface area contributed by atoms with Gasteiger partial charge in [-0.1, -0.05) is 6.07 Å². The summed E-state index contributed by atoms with van der Waals surface area (Å²) in [6.07, 6.45) is -1.91. The number of amides is 1. The first-order chi connectivity index (χ1) is 14.4. The third-order valence-corrected chi connectivity index (χ3v) is 6.38. The molecule has 0 saturated heterocycles. The van der Waals surface area contributed by atoms with Crippen LogP contribution in [-0.2, 0) is 6.18 Å². The SMILES string of the molecule is CN(C(=O)c1ccc(-c2cccn3c(=O)c(Br)c(C(F)(F)F)nc23)cc1F)C1(C)CC1. The number of carbonyl (C=O) groups is 1. The predicted molar refractivity (Wildman–Crippen MR) is 109 cm³/mol. The fraction of sp³-hybridized carbons (Fsp3) is 0.286. The predicted octanol–water partition coefficient (Wildman–Crippen LogP) is 4.91. The summed E-state index contributed by atoms with van der Waals surface area (Å²) in [7, 11) is 1.61. The maximum Gasteiger partial charge on any atom is 0.434 e. The van der Waals surface area contributed by atoms with Gasteiger partial charge in [0, 0.05) is 24.3 Å². The molecule has 1 aliphatic rings. The highest BCUT2D eigenvalue weighted by molar-refractivity contribution is 9.10. The minimum Gasteiger partial charge on any atom is -0.336 e. The fourth-order valence-corrected chi connectivity index (χ4v) is 3.86. The van der Waals surface area contributed by atoms with Gasteiger partial charge < -0.3 is 4.90 Å². The average Bonchev–Trinajstić information content (AvgIpc) is 3.46. The largest absolute Gasteiger partial charge is 0.434 e. The van der Waals surface area contributed by atoms with Crippen molar-refractivity contribution in [1.82, 2.24) is 14.3 Å². The number of nitrogens with zero attached hydrogens (tertiary/aromatic N) is 3. The normalized spacial score (nSPS) is 15.2. The van der Waals surface area contributed by atoms with Crippen LogP contribution in [0.4, 0.5) is 17.6 Å².